The molecule has 2 rings (SSSR count). The molecule has 102 valence electrons. The summed E-state index contributed by atoms with van der Waals surface area (Å²) >= 11 is 4.73. The van der Waals surface area contributed by atoms with Crippen LogP contribution in [0.5, 0.6) is 0 Å². The number of hydrogen-bond donors (Lipinski definition) is 1. The minimum Gasteiger partial charge on any atom is -0.348 e. The second-order valence-corrected chi connectivity index (χ2v) is 6.25. The van der Waals surface area contributed by atoms with Gasteiger partial charge in [-0.1, -0.05) is 45.9 Å². The van der Waals surface area contributed by atoms with Gasteiger partial charge in [0.1, 0.15) is 6.54 Å². The van der Waals surface area contributed by atoms with Crippen molar-refractivity contribution in [2.75, 3.05) is 18.8 Å². The smallest absolute Gasteiger partial charge is 0.282 e. The van der Waals surface area contributed by atoms with Gasteiger partial charge in [0.25, 0.3) is 5.24 Å². The van der Waals surface area contributed by atoms with Gasteiger partial charge in [-0.2, -0.15) is 0 Å². The molecule has 0 radical (unpaired) electrons. The molecule has 2 amide bonds. The first-order chi connectivity index (χ1) is 9.08. The Kier molecular flexibility index (Phi) is 4.87. The molecule has 1 aliphatic rings. The number of rotatable bonds is 4. The molecule has 6 heteroatoms. The van der Waals surface area contributed by atoms with Gasteiger partial charge in [-0.3, -0.25) is 9.59 Å². The van der Waals surface area contributed by atoms with E-state index in [2.05, 4.69) is 21.2 Å². The lowest BCUT2D eigenvalue weighted by Gasteiger charge is -2.19. The molecule has 1 aliphatic heterocycles. The topological polar surface area (TPSA) is 49.4 Å². The Morgan fingerprint density at radius 3 is 2.89 bits per heavy atom. The Balaban J connectivity index is 1.92. The Hall–Kier alpha value is -1.01. The van der Waals surface area contributed by atoms with Crippen molar-refractivity contribution in [3.8, 4) is 0 Å². The molecule has 1 saturated heterocycles. The Morgan fingerprint density at radius 1 is 1.53 bits per heavy atom. The van der Waals surface area contributed by atoms with Gasteiger partial charge in [0.05, 0.1) is 6.04 Å². The zero-order valence-electron chi connectivity index (χ0n) is 10.6. The summed E-state index contributed by atoms with van der Waals surface area (Å²) < 4.78 is 0.968. The molecule has 1 fully saturated rings. The fourth-order valence-electron chi connectivity index (χ4n) is 1.93. The average Bonchev–Trinajstić information content (AvgIpc) is 2.75. The summed E-state index contributed by atoms with van der Waals surface area (Å²) in [7, 11) is 0. The maximum absolute atomic E-state index is 11.9. The Morgan fingerprint density at radius 2 is 2.26 bits per heavy atom. The number of nitrogens with zero attached hydrogens (tertiary/aromatic N) is 1. The van der Waals surface area contributed by atoms with Gasteiger partial charge in [-0.25, -0.2) is 0 Å². The molecular formula is C13H15BrN2O2S. The second-order valence-electron chi connectivity index (χ2n) is 4.35. The van der Waals surface area contributed by atoms with E-state index in [1.807, 2.05) is 31.2 Å². The van der Waals surface area contributed by atoms with Crippen LogP contribution >= 0.6 is 27.7 Å². The van der Waals surface area contributed by atoms with Gasteiger partial charge in [0, 0.05) is 16.8 Å². The highest BCUT2D eigenvalue weighted by molar-refractivity contribution is 9.10. The molecule has 0 bridgehead atoms. The number of halogens is 1. The van der Waals surface area contributed by atoms with Crippen molar-refractivity contribution in [2.24, 2.45) is 0 Å². The minimum absolute atomic E-state index is 0.0105. The van der Waals surface area contributed by atoms with Gasteiger partial charge >= 0.3 is 0 Å². The van der Waals surface area contributed by atoms with E-state index in [1.54, 1.807) is 4.90 Å². The first-order valence-electron chi connectivity index (χ1n) is 6.03. The molecule has 1 atom stereocenters. The van der Waals surface area contributed by atoms with E-state index in [1.165, 1.54) is 11.8 Å². The number of nitrogens with one attached hydrogen (secondary N) is 1. The lowest BCUT2D eigenvalue weighted by molar-refractivity contribution is -0.122. The summed E-state index contributed by atoms with van der Waals surface area (Å²) in [5.41, 5.74) is 1.03. The standard InChI is InChI=1S/C13H15BrN2O2S/c1-9(10-4-2-3-5-11(10)14)15-12(17)8-16-6-7-19-13(16)18/h2-5,9H,6-8H2,1H3,(H,15,17)/t9-/m0/s1. The molecule has 1 heterocycles. The summed E-state index contributed by atoms with van der Waals surface area (Å²) in [4.78, 5) is 24.9. The third-order valence-electron chi connectivity index (χ3n) is 2.93. The number of carbonyl (C=O) groups excluding carboxylic acids is 2. The zero-order valence-corrected chi connectivity index (χ0v) is 13.0. The van der Waals surface area contributed by atoms with Crippen molar-refractivity contribution in [1.29, 1.82) is 0 Å². The maximum atomic E-state index is 11.9. The number of benzene rings is 1. The summed E-state index contributed by atoms with van der Waals surface area (Å²) in [6.45, 7) is 2.72. The highest BCUT2D eigenvalue weighted by Crippen LogP contribution is 2.23. The number of hydrogen-bond acceptors (Lipinski definition) is 3. The van der Waals surface area contributed by atoms with Crippen LogP contribution in [-0.4, -0.2) is 34.9 Å². The van der Waals surface area contributed by atoms with E-state index < -0.39 is 0 Å². The van der Waals surface area contributed by atoms with Gasteiger partial charge in [-0.05, 0) is 18.6 Å². The number of amides is 2. The van der Waals surface area contributed by atoms with Gasteiger partial charge in [-0.15, -0.1) is 0 Å². The molecule has 19 heavy (non-hydrogen) atoms. The van der Waals surface area contributed by atoms with E-state index in [0.29, 0.717) is 6.54 Å². The lowest BCUT2D eigenvalue weighted by Crippen LogP contribution is -2.38. The van der Waals surface area contributed by atoms with E-state index in [9.17, 15) is 9.59 Å². The predicted octanol–water partition coefficient (Wildman–Crippen LogP) is 2.80. The summed E-state index contributed by atoms with van der Waals surface area (Å²) in [6.07, 6.45) is 0. The normalized spacial score (nSPS) is 16.5. The average molecular weight is 343 g/mol. The van der Waals surface area contributed by atoms with Crippen molar-refractivity contribution < 1.29 is 9.59 Å². The van der Waals surface area contributed by atoms with E-state index >= 15 is 0 Å². The molecule has 1 aromatic carbocycles. The molecule has 0 spiro atoms. The molecule has 1 N–H and O–H groups in total. The van der Waals surface area contributed by atoms with Crippen LogP contribution in [0.4, 0.5) is 4.79 Å². The quantitative estimate of drug-likeness (QED) is 0.915. The maximum Gasteiger partial charge on any atom is 0.282 e. The van der Waals surface area contributed by atoms with E-state index in [4.69, 9.17) is 0 Å². The fraction of sp³-hybridized carbons (Fsp3) is 0.385. The van der Waals surface area contributed by atoms with Crippen molar-refractivity contribution in [2.45, 2.75) is 13.0 Å². The SMILES string of the molecule is C[C@H](NC(=O)CN1CCSC1=O)c1ccccc1Br. The monoisotopic (exact) mass is 342 g/mol. The van der Waals surface area contributed by atoms with E-state index in [0.717, 1.165) is 15.8 Å². The predicted molar refractivity (Wildman–Crippen MR) is 80.1 cm³/mol. The second kappa shape index (κ2) is 6.43. The summed E-state index contributed by atoms with van der Waals surface area (Å²) in [5.74, 6) is 0.644. The summed E-state index contributed by atoms with van der Waals surface area (Å²) in [5, 5.41) is 2.90. The Bertz CT molecular complexity index is 495. The molecule has 0 aliphatic carbocycles. The van der Waals surface area contributed by atoms with Crippen molar-refractivity contribution >= 4 is 38.8 Å². The minimum atomic E-state index is -0.126. The van der Waals surface area contributed by atoms with Crippen LogP contribution in [0.25, 0.3) is 0 Å². The third kappa shape index (κ3) is 3.73. The molecule has 0 unspecified atom stereocenters. The largest absolute Gasteiger partial charge is 0.348 e. The molecule has 1 aromatic rings. The number of thioether (sulfide) groups is 1. The van der Waals surface area contributed by atoms with Crippen LogP contribution in [0.3, 0.4) is 0 Å². The molecule has 4 nitrogen and oxygen atoms in total. The first-order valence-corrected chi connectivity index (χ1v) is 7.81. The number of carbonyl (C=O) groups is 2. The zero-order chi connectivity index (χ0) is 13.8. The van der Waals surface area contributed by atoms with Crippen LogP contribution in [0.2, 0.25) is 0 Å². The van der Waals surface area contributed by atoms with Crippen molar-refractivity contribution in [3.63, 3.8) is 0 Å². The van der Waals surface area contributed by atoms with Gasteiger partial charge < -0.3 is 10.2 Å². The highest BCUT2D eigenvalue weighted by atomic mass is 79.9. The Labute approximate surface area is 125 Å². The molecular weight excluding hydrogens is 328 g/mol. The van der Waals surface area contributed by atoms with Crippen LogP contribution in [0.15, 0.2) is 28.7 Å². The van der Waals surface area contributed by atoms with Crippen LogP contribution in [0, 0.1) is 0 Å². The molecule has 0 saturated carbocycles. The van der Waals surface area contributed by atoms with Crippen LogP contribution < -0.4 is 5.32 Å². The van der Waals surface area contributed by atoms with Crippen molar-refractivity contribution in [1.82, 2.24) is 10.2 Å². The van der Waals surface area contributed by atoms with Gasteiger partial charge in [0.2, 0.25) is 5.91 Å². The van der Waals surface area contributed by atoms with Crippen LogP contribution in [0.1, 0.15) is 18.5 Å². The first kappa shape index (κ1) is 14.4. The van der Waals surface area contributed by atoms with Crippen LogP contribution in [-0.2, 0) is 4.79 Å². The fourth-order valence-corrected chi connectivity index (χ4v) is 3.39. The van der Waals surface area contributed by atoms with Crippen molar-refractivity contribution in [3.05, 3.63) is 34.3 Å². The van der Waals surface area contributed by atoms with E-state index in [-0.39, 0.29) is 23.7 Å². The van der Waals surface area contributed by atoms with Gasteiger partial charge in [0.15, 0.2) is 0 Å². The lowest BCUT2D eigenvalue weighted by atomic mass is 10.1. The third-order valence-corrected chi connectivity index (χ3v) is 4.54. The highest BCUT2D eigenvalue weighted by Gasteiger charge is 2.23. The summed E-state index contributed by atoms with van der Waals surface area (Å²) in [6, 6.07) is 7.68. The molecule has 0 aromatic heterocycles.